The van der Waals surface area contributed by atoms with Gasteiger partial charge >= 0.3 is 0 Å². The van der Waals surface area contributed by atoms with Gasteiger partial charge in [-0.05, 0) is 31.0 Å². The first-order chi connectivity index (χ1) is 12.8. The van der Waals surface area contributed by atoms with Crippen molar-refractivity contribution in [3.63, 3.8) is 0 Å². The van der Waals surface area contributed by atoms with E-state index < -0.39 is 10.0 Å². The molecule has 0 radical (unpaired) electrons. The Morgan fingerprint density at radius 3 is 2.67 bits per heavy atom. The highest BCUT2D eigenvalue weighted by Crippen LogP contribution is 2.25. The predicted octanol–water partition coefficient (Wildman–Crippen LogP) is 1.56. The molecule has 3 rings (SSSR count). The van der Waals surface area contributed by atoms with E-state index in [1.165, 1.54) is 10.4 Å². The van der Waals surface area contributed by atoms with Gasteiger partial charge in [-0.3, -0.25) is 9.48 Å². The monoisotopic (exact) mass is 392 g/mol. The Morgan fingerprint density at radius 1 is 1.30 bits per heavy atom. The number of hydrogen-bond acceptors (Lipinski definition) is 5. The Morgan fingerprint density at radius 2 is 2.00 bits per heavy atom. The number of sulfonamides is 1. The SMILES string of the molecule is CCc1nn(C)cc1C(=O)Nc1ccc(C)c(S(=O)(=O)N2CCOCC2)c1. The number of aromatic nitrogens is 2. The topological polar surface area (TPSA) is 93.5 Å². The van der Waals surface area contributed by atoms with Gasteiger partial charge in [0.2, 0.25) is 10.0 Å². The van der Waals surface area contributed by atoms with Crippen molar-refractivity contribution >= 4 is 21.6 Å². The molecule has 0 spiro atoms. The Labute approximate surface area is 159 Å². The van der Waals surface area contributed by atoms with E-state index in [2.05, 4.69) is 10.4 Å². The van der Waals surface area contributed by atoms with Gasteiger partial charge in [-0.2, -0.15) is 9.40 Å². The summed E-state index contributed by atoms with van der Waals surface area (Å²) in [6.07, 6.45) is 2.29. The highest BCUT2D eigenvalue weighted by Gasteiger charge is 2.28. The number of benzene rings is 1. The summed E-state index contributed by atoms with van der Waals surface area (Å²) in [7, 11) is -1.88. The lowest BCUT2D eigenvalue weighted by Crippen LogP contribution is -2.40. The van der Waals surface area contributed by atoms with Crippen LogP contribution < -0.4 is 5.32 Å². The second-order valence-corrected chi connectivity index (χ2v) is 8.37. The molecule has 1 aromatic carbocycles. The maximum absolute atomic E-state index is 13.0. The zero-order valence-corrected chi connectivity index (χ0v) is 16.5. The largest absolute Gasteiger partial charge is 0.379 e. The van der Waals surface area contributed by atoms with Crippen LogP contribution in [-0.4, -0.2) is 54.7 Å². The lowest BCUT2D eigenvalue weighted by Gasteiger charge is -2.26. The Balaban J connectivity index is 1.88. The zero-order chi connectivity index (χ0) is 19.6. The molecular formula is C18H24N4O4S. The molecule has 0 bridgehead atoms. The van der Waals surface area contributed by atoms with E-state index in [9.17, 15) is 13.2 Å². The van der Waals surface area contributed by atoms with Crippen LogP contribution in [0.1, 0.15) is 28.5 Å². The maximum atomic E-state index is 13.0. The predicted molar refractivity (Wildman–Crippen MR) is 101 cm³/mol. The highest BCUT2D eigenvalue weighted by molar-refractivity contribution is 7.89. The third-order valence-electron chi connectivity index (χ3n) is 4.52. The second kappa shape index (κ2) is 7.79. The summed E-state index contributed by atoms with van der Waals surface area (Å²) >= 11 is 0. The van der Waals surface area contributed by atoms with Gasteiger partial charge in [0.15, 0.2) is 0 Å². The van der Waals surface area contributed by atoms with E-state index in [0.717, 1.165) is 0 Å². The maximum Gasteiger partial charge on any atom is 0.259 e. The van der Waals surface area contributed by atoms with Crippen LogP contribution in [0, 0.1) is 6.92 Å². The molecule has 1 N–H and O–H groups in total. The van der Waals surface area contributed by atoms with E-state index >= 15 is 0 Å². The first kappa shape index (κ1) is 19.5. The minimum atomic E-state index is -3.64. The fourth-order valence-electron chi connectivity index (χ4n) is 3.07. The molecule has 0 atom stereocenters. The Hall–Kier alpha value is -2.23. The summed E-state index contributed by atoms with van der Waals surface area (Å²) in [6.45, 7) is 5.10. The normalized spacial score (nSPS) is 15.7. The molecule has 146 valence electrons. The van der Waals surface area contributed by atoms with Crippen molar-refractivity contribution in [2.24, 2.45) is 7.05 Å². The van der Waals surface area contributed by atoms with Crippen LogP contribution in [0.15, 0.2) is 29.3 Å². The van der Waals surface area contributed by atoms with Gasteiger partial charge < -0.3 is 10.1 Å². The number of rotatable bonds is 5. The molecule has 1 fully saturated rings. The fourth-order valence-corrected chi connectivity index (χ4v) is 4.72. The number of amides is 1. The Kier molecular flexibility index (Phi) is 5.64. The molecule has 0 saturated carbocycles. The minimum absolute atomic E-state index is 0.198. The highest BCUT2D eigenvalue weighted by atomic mass is 32.2. The zero-order valence-electron chi connectivity index (χ0n) is 15.7. The molecule has 2 aromatic rings. The summed E-state index contributed by atoms with van der Waals surface area (Å²) in [6, 6.07) is 4.92. The summed E-state index contributed by atoms with van der Waals surface area (Å²) in [5, 5.41) is 7.05. The van der Waals surface area contributed by atoms with Gasteiger partial charge in [0.1, 0.15) is 0 Å². The van der Waals surface area contributed by atoms with Crippen molar-refractivity contribution in [2.45, 2.75) is 25.2 Å². The van der Waals surface area contributed by atoms with E-state index in [-0.39, 0.29) is 10.8 Å². The second-order valence-electron chi connectivity index (χ2n) is 6.47. The van der Waals surface area contributed by atoms with Crippen LogP contribution in [0.3, 0.4) is 0 Å². The lowest BCUT2D eigenvalue weighted by atomic mass is 10.2. The molecule has 0 aliphatic carbocycles. The average molecular weight is 392 g/mol. The van der Waals surface area contributed by atoms with E-state index in [1.807, 2.05) is 6.92 Å². The summed E-state index contributed by atoms with van der Waals surface area (Å²) in [5.41, 5.74) is 2.25. The Bertz CT molecular complexity index is 946. The average Bonchev–Trinajstić information content (AvgIpc) is 3.05. The van der Waals surface area contributed by atoms with Gasteiger partial charge in [0.25, 0.3) is 5.91 Å². The summed E-state index contributed by atoms with van der Waals surface area (Å²) in [4.78, 5) is 12.8. The smallest absolute Gasteiger partial charge is 0.259 e. The number of anilines is 1. The van der Waals surface area contributed by atoms with Crippen LogP contribution in [0.25, 0.3) is 0 Å². The van der Waals surface area contributed by atoms with Crippen LogP contribution in [-0.2, 0) is 28.2 Å². The number of nitrogens with zero attached hydrogens (tertiary/aromatic N) is 3. The third-order valence-corrected chi connectivity index (χ3v) is 6.56. The molecular weight excluding hydrogens is 368 g/mol. The number of hydrogen-bond donors (Lipinski definition) is 1. The van der Waals surface area contributed by atoms with Gasteiger partial charge in [-0.25, -0.2) is 8.42 Å². The van der Waals surface area contributed by atoms with Crippen molar-refractivity contribution in [1.29, 1.82) is 0 Å². The molecule has 1 aliphatic heterocycles. The molecule has 1 aromatic heterocycles. The van der Waals surface area contributed by atoms with Crippen LogP contribution in [0.4, 0.5) is 5.69 Å². The first-order valence-electron chi connectivity index (χ1n) is 8.85. The van der Waals surface area contributed by atoms with E-state index in [4.69, 9.17) is 4.74 Å². The van der Waals surface area contributed by atoms with Crippen molar-refractivity contribution in [3.8, 4) is 0 Å². The van der Waals surface area contributed by atoms with Crippen molar-refractivity contribution in [3.05, 3.63) is 41.2 Å². The molecule has 1 aliphatic rings. The number of morpholine rings is 1. The number of nitrogens with one attached hydrogen (secondary N) is 1. The minimum Gasteiger partial charge on any atom is -0.379 e. The molecule has 2 heterocycles. The van der Waals surface area contributed by atoms with Crippen LogP contribution >= 0.6 is 0 Å². The van der Waals surface area contributed by atoms with Crippen LogP contribution in [0.2, 0.25) is 0 Å². The van der Waals surface area contributed by atoms with Crippen molar-refractivity contribution in [1.82, 2.24) is 14.1 Å². The molecule has 1 amide bonds. The standard InChI is InChI=1S/C18H24N4O4S/c1-4-16-15(12-21(3)20-16)18(23)19-14-6-5-13(2)17(11-14)27(24,25)22-7-9-26-10-8-22/h5-6,11-12H,4,7-10H2,1-3H3,(H,19,23). The van der Waals surface area contributed by atoms with Crippen molar-refractivity contribution < 1.29 is 17.9 Å². The first-order valence-corrected chi connectivity index (χ1v) is 10.3. The number of carbonyl (C=O) groups excluding carboxylic acids is 1. The van der Waals surface area contributed by atoms with Gasteiger partial charge in [-0.1, -0.05) is 13.0 Å². The molecule has 27 heavy (non-hydrogen) atoms. The molecule has 0 unspecified atom stereocenters. The third kappa shape index (κ3) is 4.05. The summed E-state index contributed by atoms with van der Waals surface area (Å²) < 4.78 is 34.2. The number of aryl methyl sites for hydroxylation is 3. The molecule has 1 saturated heterocycles. The molecule has 9 heteroatoms. The lowest BCUT2D eigenvalue weighted by molar-refractivity contribution is 0.0730. The van der Waals surface area contributed by atoms with E-state index in [1.54, 1.807) is 37.0 Å². The number of carbonyl (C=O) groups is 1. The quantitative estimate of drug-likeness (QED) is 0.834. The number of ether oxygens (including phenoxy) is 1. The van der Waals surface area contributed by atoms with Gasteiger partial charge in [0, 0.05) is 32.0 Å². The molecule has 8 nitrogen and oxygen atoms in total. The van der Waals surface area contributed by atoms with Gasteiger partial charge in [0.05, 0.1) is 29.4 Å². The summed E-state index contributed by atoms with van der Waals surface area (Å²) in [5.74, 6) is -0.307. The van der Waals surface area contributed by atoms with Gasteiger partial charge in [-0.15, -0.1) is 0 Å². The van der Waals surface area contributed by atoms with Crippen molar-refractivity contribution in [2.75, 3.05) is 31.6 Å². The van der Waals surface area contributed by atoms with E-state index in [0.29, 0.717) is 55.2 Å². The fraction of sp³-hybridized carbons (Fsp3) is 0.444. The van der Waals surface area contributed by atoms with Crippen LogP contribution in [0.5, 0.6) is 0 Å².